The third kappa shape index (κ3) is 2.65. The lowest BCUT2D eigenvalue weighted by Crippen LogP contribution is -2.22. The second kappa shape index (κ2) is 5.30. The molecule has 8 nitrogen and oxygen atoms in total. The molecule has 0 unspecified atom stereocenters. The van der Waals surface area contributed by atoms with Gasteiger partial charge in [0.1, 0.15) is 5.52 Å². The number of aromatic amines is 1. The first kappa shape index (κ1) is 12.1. The van der Waals surface area contributed by atoms with Gasteiger partial charge in [-0.3, -0.25) is 4.79 Å². The van der Waals surface area contributed by atoms with Crippen LogP contribution in [0.4, 0.5) is 11.8 Å². The Kier molecular flexibility index (Phi) is 3.56. The molecule has 2 rings (SSSR count). The third-order valence-electron chi connectivity index (χ3n) is 2.25. The van der Waals surface area contributed by atoms with Crippen molar-refractivity contribution < 1.29 is 4.79 Å². The Bertz CT molecular complexity index is 550. The van der Waals surface area contributed by atoms with E-state index in [9.17, 15) is 4.79 Å². The van der Waals surface area contributed by atoms with Crippen LogP contribution in [0.25, 0.3) is 11.2 Å². The fourth-order valence-electron chi connectivity index (χ4n) is 1.45. The van der Waals surface area contributed by atoms with E-state index in [0.717, 1.165) is 13.0 Å². The lowest BCUT2D eigenvalue weighted by Gasteiger charge is -2.07. The number of aromatic nitrogens is 4. The predicted molar refractivity (Wildman–Crippen MR) is 68.1 cm³/mol. The van der Waals surface area contributed by atoms with Gasteiger partial charge in [-0.1, -0.05) is 6.92 Å². The fourth-order valence-corrected chi connectivity index (χ4v) is 1.45. The summed E-state index contributed by atoms with van der Waals surface area (Å²) in [6.45, 7) is 2.83. The van der Waals surface area contributed by atoms with Gasteiger partial charge in [0.05, 0.1) is 12.9 Å². The van der Waals surface area contributed by atoms with E-state index in [1.54, 1.807) is 0 Å². The van der Waals surface area contributed by atoms with E-state index in [2.05, 4.69) is 30.6 Å². The van der Waals surface area contributed by atoms with Crippen LogP contribution in [0.2, 0.25) is 0 Å². The Morgan fingerprint density at radius 3 is 3.00 bits per heavy atom. The summed E-state index contributed by atoms with van der Waals surface area (Å²) in [7, 11) is 0. The van der Waals surface area contributed by atoms with Crippen molar-refractivity contribution in [2.24, 2.45) is 5.73 Å². The van der Waals surface area contributed by atoms with E-state index in [4.69, 9.17) is 5.73 Å². The van der Waals surface area contributed by atoms with E-state index in [-0.39, 0.29) is 6.54 Å². The minimum absolute atomic E-state index is 0.0123. The number of imidazole rings is 1. The molecule has 0 radical (unpaired) electrons. The number of nitrogens with zero attached hydrogens (tertiary/aromatic N) is 3. The van der Waals surface area contributed by atoms with E-state index in [1.807, 2.05) is 6.92 Å². The SMILES string of the molecule is CCCNc1nc(NCC(N)=O)c2[nH]cnc2n1. The first-order valence-corrected chi connectivity index (χ1v) is 5.68. The monoisotopic (exact) mass is 249 g/mol. The van der Waals surface area contributed by atoms with Crippen LogP contribution < -0.4 is 16.4 Å². The molecular weight excluding hydrogens is 234 g/mol. The molecule has 0 aliphatic carbocycles. The number of rotatable bonds is 6. The average Bonchev–Trinajstić information content (AvgIpc) is 2.81. The highest BCUT2D eigenvalue weighted by Crippen LogP contribution is 2.18. The second-order valence-corrected chi connectivity index (χ2v) is 3.74. The largest absolute Gasteiger partial charge is 0.368 e. The third-order valence-corrected chi connectivity index (χ3v) is 2.25. The number of hydrogen-bond acceptors (Lipinski definition) is 6. The Hall–Kier alpha value is -2.38. The van der Waals surface area contributed by atoms with Crippen molar-refractivity contribution in [3.05, 3.63) is 6.33 Å². The van der Waals surface area contributed by atoms with Crippen molar-refractivity contribution in [1.82, 2.24) is 19.9 Å². The molecule has 0 atom stereocenters. The first-order chi connectivity index (χ1) is 8.70. The van der Waals surface area contributed by atoms with Gasteiger partial charge in [0.25, 0.3) is 0 Å². The quantitative estimate of drug-likeness (QED) is 0.575. The Labute approximate surface area is 103 Å². The topological polar surface area (TPSA) is 122 Å². The molecule has 2 aromatic heterocycles. The molecule has 0 saturated heterocycles. The molecule has 0 saturated carbocycles. The zero-order valence-electron chi connectivity index (χ0n) is 10.0. The molecule has 0 aliphatic heterocycles. The highest BCUT2D eigenvalue weighted by Gasteiger charge is 2.09. The van der Waals surface area contributed by atoms with Crippen molar-refractivity contribution in [2.45, 2.75) is 13.3 Å². The van der Waals surface area contributed by atoms with Gasteiger partial charge in [0.2, 0.25) is 11.9 Å². The summed E-state index contributed by atoms with van der Waals surface area (Å²) in [4.78, 5) is 26.3. The number of carbonyl (C=O) groups excluding carboxylic acids is 1. The number of nitrogens with two attached hydrogens (primary N) is 1. The number of hydrogen-bond donors (Lipinski definition) is 4. The van der Waals surface area contributed by atoms with Gasteiger partial charge < -0.3 is 21.4 Å². The van der Waals surface area contributed by atoms with E-state index < -0.39 is 5.91 Å². The molecule has 1 amide bonds. The van der Waals surface area contributed by atoms with Crippen LogP contribution in [-0.4, -0.2) is 38.9 Å². The van der Waals surface area contributed by atoms with Crippen molar-refractivity contribution in [2.75, 3.05) is 23.7 Å². The highest BCUT2D eigenvalue weighted by molar-refractivity contribution is 5.86. The number of primary amides is 1. The summed E-state index contributed by atoms with van der Waals surface area (Å²) in [6, 6.07) is 0. The number of fused-ring (bicyclic) bond motifs is 1. The molecule has 5 N–H and O–H groups in total. The summed E-state index contributed by atoms with van der Waals surface area (Å²) < 4.78 is 0. The van der Waals surface area contributed by atoms with Crippen LogP contribution in [0.1, 0.15) is 13.3 Å². The van der Waals surface area contributed by atoms with Gasteiger partial charge in [-0.15, -0.1) is 0 Å². The van der Waals surface area contributed by atoms with E-state index >= 15 is 0 Å². The first-order valence-electron chi connectivity index (χ1n) is 5.68. The molecule has 0 aliphatic rings. The van der Waals surface area contributed by atoms with Crippen molar-refractivity contribution in [3.8, 4) is 0 Å². The Morgan fingerprint density at radius 1 is 1.44 bits per heavy atom. The molecule has 0 spiro atoms. The summed E-state index contributed by atoms with van der Waals surface area (Å²) in [5.41, 5.74) is 6.28. The van der Waals surface area contributed by atoms with Gasteiger partial charge in [-0.05, 0) is 6.42 Å². The van der Waals surface area contributed by atoms with Gasteiger partial charge in [0.15, 0.2) is 11.5 Å². The van der Waals surface area contributed by atoms with Gasteiger partial charge in [-0.25, -0.2) is 4.98 Å². The molecule has 0 fully saturated rings. The highest BCUT2D eigenvalue weighted by atomic mass is 16.1. The number of anilines is 2. The Morgan fingerprint density at radius 2 is 2.28 bits per heavy atom. The molecular formula is C10H15N7O. The van der Waals surface area contributed by atoms with Gasteiger partial charge in [-0.2, -0.15) is 9.97 Å². The van der Waals surface area contributed by atoms with Crippen LogP contribution in [-0.2, 0) is 4.79 Å². The maximum Gasteiger partial charge on any atom is 0.236 e. The lowest BCUT2D eigenvalue weighted by atomic mass is 10.4. The van der Waals surface area contributed by atoms with Gasteiger partial charge in [0, 0.05) is 6.54 Å². The zero-order valence-corrected chi connectivity index (χ0v) is 10.0. The molecule has 8 heteroatoms. The number of H-pyrrole nitrogens is 1. The number of nitrogens with one attached hydrogen (secondary N) is 3. The molecule has 2 heterocycles. The number of amides is 1. The standard InChI is InChI=1S/C10H15N7O/c1-2-3-12-10-16-8(13-4-6(11)18)7-9(17-10)15-5-14-7/h5H,2-4H2,1H3,(H2,11,18)(H3,12,13,14,15,16,17). The summed E-state index contributed by atoms with van der Waals surface area (Å²) in [6.07, 6.45) is 2.49. The smallest absolute Gasteiger partial charge is 0.236 e. The molecule has 96 valence electrons. The van der Waals surface area contributed by atoms with E-state index in [1.165, 1.54) is 6.33 Å². The van der Waals surface area contributed by atoms with Crippen LogP contribution in [0, 0.1) is 0 Å². The summed E-state index contributed by atoms with van der Waals surface area (Å²) in [5.74, 6) is 0.530. The normalized spacial score (nSPS) is 10.5. The van der Waals surface area contributed by atoms with Crippen molar-refractivity contribution in [1.29, 1.82) is 0 Å². The van der Waals surface area contributed by atoms with Gasteiger partial charge >= 0.3 is 0 Å². The van der Waals surface area contributed by atoms with Crippen molar-refractivity contribution >= 4 is 28.8 Å². The molecule has 2 aromatic rings. The lowest BCUT2D eigenvalue weighted by molar-refractivity contribution is -0.116. The second-order valence-electron chi connectivity index (χ2n) is 3.74. The number of carbonyl (C=O) groups is 1. The molecule has 0 bridgehead atoms. The van der Waals surface area contributed by atoms with Crippen molar-refractivity contribution in [3.63, 3.8) is 0 Å². The zero-order chi connectivity index (χ0) is 13.0. The summed E-state index contributed by atoms with van der Waals surface area (Å²) >= 11 is 0. The van der Waals surface area contributed by atoms with Crippen LogP contribution >= 0.6 is 0 Å². The Balaban J connectivity index is 2.29. The average molecular weight is 249 g/mol. The fraction of sp³-hybridized carbons (Fsp3) is 0.400. The molecule has 18 heavy (non-hydrogen) atoms. The summed E-state index contributed by atoms with van der Waals surface area (Å²) in [5, 5.41) is 5.93. The minimum Gasteiger partial charge on any atom is -0.368 e. The maximum atomic E-state index is 10.8. The van der Waals surface area contributed by atoms with Crippen LogP contribution in [0.5, 0.6) is 0 Å². The maximum absolute atomic E-state index is 10.8. The predicted octanol–water partition coefficient (Wildman–Crippen LogP) is 0.0720. The molecule has 0 aromatic carbocycles. The van der Waals surface area contributed by atoms with Crippen LogP contribution in [0.3, 0.4) is 0 Å². The van der Waals surface area contributed by atoms with E-state index in [0.29, 0.717) is 22.9 Å². The minimum atomic E-state index is -0.454. The van der Waals surface area contributed by atoms with Crippen LogP contribution in [0.15, 0.2) is 6.33 Å².